The summed E-state index contributed by atoms with van der Waals surface area (Å²) in [6, 6.07) is 0. The molecule has 1 heterocycles. The van der Waals surface area contributed by atoms with Gasteiger partial charge in [0.2, 0.25) is 6.29 Å². The number of Topliss-reactive ketones (excluding diaryl/α,β-unsaturated/α-hetero) is 2. The zero-order valence-electron chi connectivity index (χ0n) is 28.3. The van der Waals surface area contributed by atoms with Gasteiger partial charge in [-0.05, 0) is 68.4 Å². The minimum atomic E-state index is -1.84. The first-order valence-electron chi connectivity index (χ1n) is 16.5. The van der Waals surface area contributed by atoms with Gasteiger partial charge in [0, 0.05) is 30.1 Å². The largest absolute Gasteiger partial charge is 0.458 e. The van der Waals surface area contributed by atoms with E-state index in [0.29, 0.717) is 12.0 Å². The number of aliphatic hydroxyl groups is 8. The lowest BCUT2D eigenvalue weighted by atomic mass is 9.39. The molecule has 1 unspecified atom stereocenters. The molecule has 4 aliphatic carbocycles. The fourth-order valence-electron chi connectivity index (χ4n) is 9.98. The molecule has 0 spiro atoms. The van der Waals surface area contributed by atoms with Gasteiger partial charge in [-0.3, -0.25) is 9.59 Å². The van der Waals surface area contributed by atoms with Crippen molar-refractivity contribution in [2.75, 3.05) is 6.61 Å². The van der Waals surface area contributed by atoms with Crippen molar-refractivity contribution in [3.8, 4) is 0 Å². The van der Waals surface area contributed by atoms with Crippen LogP contribution in [0.4, 0.5) is 0 Å². The molecule has 0 amide bonds. The number of ether oxygens (including phenoxy) is 2. The van der Waals surface area contributed by atoms with E-state index in [1.165, 1.54) is 32.9 Å². The van der Waals surface area contributed by atoms with E-state index in [0.717, 1.165) is 5.57 Å². The van der Waals surface area contributed by atoms with Crippen LogP contribution in [-0.2, 0) is 19.1 Å². The third kappa shape index (κ3) is 5.39. The summed E-state index contributed by atoms with van der Waals surface area (Å²) >= 11 is 0. The topological polar surface area (TPSA) is 214 Å². The van der Waals surface area contributed by atoms with E-state index in [2.05, 4.69) is 0 Å². The molecule has 5 aliphatic rings. The fraction of sp³-hybridized carbons (Fsp3) is 0.771. The van der Waals surface area contributed by atoms with Crippen molar-refractivity contribution in [1.29, 1.82) is 0 Å². The number of hydrogen-bond acceptors (Lipinski definition) is 12. The third-order valence-corrected chi connectivity index (χ3v) is 12.7. The van der Waals surface area contributed by atoms with E-state index in [1.54, 1.807) is 6.92 Å². The zero-order chi connectivity index (χ0) is 35.2. The van der Waals surface area contributed by atoms with E-state index in [9.17, 15) is 50.4 Å². The predicted octanol–water partition coefficient (Wildman–Crippen LogP) is 0.424. The van der Waals surface area contributed by atoms with E-state index in [-0.39, 0.29) is 36.7 Å². The number of rotatable bonds is 7. The normalized spacial score (nSPS) is 46.0. The second-order valence-electron chi connectivity index (χ2n) is 16.0. The van der Waals surface area contributed by atoms with E-state index < -0.39 is 94.6 Å². The molecule has 47 heavy (non-hydrogen) atoms. The minimum absolute atomic E-state index is 0.00522. The molecule has 8 N–H and O–H groups in total. The second kappa shape index (κ2) is 11.8. The Labute approximate surface area is 275 Å². The van der Waals surface area contributed by atoms with Crippen LogP contribution in [0.25, 0.3) is 0 Å². The van der Waals surface area contributed by atoms with Gasteiger partial charge in [0.1, 0.15) is 36.3 Å². The molecule has 0 aromatic carbocycles. The SMILES string of the molecule is CC1=C(O[C@@H]2O[C@H](CO)[C@@H](O)[C@H](O)[C@H]2O)C(=O)C[C@@H]2C1=CC[C@@H]1[C@@]2(C)C(=O)C[C@]2(C)[C@@H]([C@@](C)(O)C(O)/C=C/C(C)(C)O)[C@H](O)C[C@@]12C. The maximum absolute atomic E-state index is 14.5. The van der Waals surface area contributed by atoms with Crippen LogP contribution in [0.3, 0.4) is 0 Å². The van der Waals surface area contributed by atoms with Crippen molar-refractivity contribution >= 4 is 11.6 Å². The molecule has 0 bridgehead atoms. The lowest BCUT2D eigenvalue weighted by Gasteiger charge is -2.63. The average molecular weight is 665 g/mol. The van der Waals surface area contributed by atoms with E-state index >= 15 is 0 Å². The summed E-state index contributed by atoms with van der Waals surface area (Å²) in [5.41, 5.74) is -4.48. The van der Waals surface area contributed by atoms with Gasteiger partial charge in [0.25, 0.3) is 0 Å². The summed E-state index contributed by atoms with van der Waals surface area (Å²) in [6.07, 6.45) is -4.84. The van der Waals surface area contributed by atoms with Crippen LogP contribution < -0.4 is 0 Å². The van der Waals surface area contributed by atoms with Gasteiger partial charge in [-0.25, -0.2) is 0 Å². The number of carbonyl (C=O) groups excluding carboxylic acids is 2. The lowest BCUT2D eigenvalue weighted by molar-refractivity contribution is -0.291. The van der Waals surface area contributed by atoms with Crippen LogP contribution in [0.5, 0.6) is 0 Å². The Morgan fingerprint density at radius 1 is 1.04 bits per heavy atom. The van der Waals surface area contributed by atoms with Gasteiger partial charge < -0.3 is 50.3 Å². The highest BCUT2D eigenvalue weighted by Crippen LogP contribution is 2.73. The summed E-state index contributed by atoms with van der Waals surface area (Å²) in [5, 5.41) is 85.1. The van der Waals surface area contributed by atoms with Gasteiger partial charge in [0.15, 0.2) is 11.5 Å². The quantitative estimate of drug-likeness (QED) is 0.174. The van der Waals surface area contributed by atoms with Gasteiger partial charge in [-0.1, -0.05) is 39.0 Å². The highest BCUT2D eigenvalue weighted by atomic mass is 16.7. The molecule has 1 saturated heterocycles. The Hall–Kier alpha value is -2.00. The average Bonchev–Trinajstić information content (AvgIpc) is 3.18. The summed E-state index contributed by atoms with van der Waals surface area (Å²) in [5.74, 6) is -2.32. The van der Waals surface area contributed by atoms with Crippen LogP contribution >= 0.6 is 0 Å². The fourth-order valence-corrected chi connectivity index (χ4v) is 9.98. The van der Waals surface area contributed by atoms with Gasteiger partial charge >= 0.3 is 0 Å². The molecule has 12 heteroatoms. The first-order chi connectivity index (χ1) is 21.6. The van der Waals surface area contributed by atoms with Crippen LogP contribution in [0.1, 0.15) is 74.1 Å². The van der Waals surface area contributed by atoms with Crippen LogP contribution in [0.2, 0.25) is 0 Å². The van der Waals surface area contributed by atoms with Crippen molar-refractivity contribution in [2.24, 2.45) is 34.0 Å². The number of carbonyl (C=O) groups is 2. The Morgan fingerprint density at radius 2 is 1.68 bits per heavy atom. The molecule has 3 fully saturated rings. The molecule has 14 atom stereocenters. The number of fused-ring (bicyclic) bond motifs is 5. The zero-order valence-corrected chi connectivity index (χ0v) is 28.3. The lowest BCUT2D eigenvalue weighted by Crippen LogP contribution is -2.64. The monoisotopic (exact) mass is 664 g/mol. The molecule has 5 rings (SSSR count). The Bertz CT molecular complexity index is 1370. The summed E-state index contributed by atoms with van der Waals surface area (Å²) in [4.78, 5) is 28.2. The van der Waals surface area contributed by atoms with Gasteiger partial charge in [0.05, 0.1) is 23.9 Å². The van der Waals surface area contributed by atoms with E-state index in [1.807, 2.05) is 26.8 Å². The van der Waals surface area contributed by atoms with Crippen molar-refractivity contribution in [3.05, 3.63) is 35.1 Å². The van der Waals surface area contributed by atoms with E-state index in [4.69, 9.17) is 9.47 Å². The second-order valence-corrected chi connectivity index (χ2v) is 16.0. The Balaban J connectivity index is 1.49. The molecule has 1 aliphatic heterocycles. The van der Waals surface area contributed by atoms with Crippen molar-refractivity contribution in [3.63, 3.8) is 0 Å². The van der Waals surface area contributed by atoms with Gasteiger partial charge in [-0.2, -0.15) is 0 Å². The number of ketones is 2. The highest BCUT2D eigenvalue weighted by Gasteiger charge is 2.74. The van der Waals surface area contributed by atoms with Crippen molar-refractivity contribution in [1.82, 2.24) is 0 Å². The minimum Gasteiger partial charge on any atom is -0.458 e. The Kier molecular flexibility index (Phi) is 9.12. The van der Waals surface area contributed by atoms with Crippen LogP contribution in [0.15, 0.2) is 35.1 Å². The number of hydrogen-bond donors (Lipinski definition) is 8. The molecule has 2 saturated carbocycles. The molecular weight excluding hydrogens is 612 g/mol. The van der Waals surface area contributed by atoms with Gasteiger partial charge in [-0.15, -0.1) is 0 Å². The van der Waals surface area contributed by atoms with Crippen LogP contribution in [-0.4, -0.2) is 113 Å². The highest BCUT2D eigenvalue weighted by molar-refractivity contribution is 5.99. The molecular formula is C35H52O12. The molecule has 264 valence electrons. The molecule has 0 aromatic rings. The van der Waals surface area contributed by atoms with Crippen molar-refractivity contribution < 1.29 is 59.9 Å². The maximum Gasteiger partial charge on any atom is 0.229 e. The smallest absolute Gasteiger partial charge is 0.229 e. The number of allylic oxidation sites excluding steroid dienone is 4. The summed E-state index contributed by atoms with van der Waals surface area (Å²) in [6.45, 7) is 11.4. The predicted molar refractivity (Wildman–Crippen MR) is 167 cm³/mol. The number of aliphatic hydroxyl groups excluding tert-OH is 6. The molecule has 0 radical (unpaired) electrons. The maximum atomic E-state index is 14.5. The summed E-state index contributed by atoms with van der Waals surface area (Å²) in [7, 11) is 0. The standard InChI is InChI=1S/C35H52O12/c1-16-17-8-9-22-32(4)13-20(38)29(35(7,45)23(39)10-11-31(2,3)44)33(32,5)14-24(40)34(22,6)18(17)12-19(37)28(16)47-30-27(43)26(42)25(41)21(15-36)46-30/h8,10-11,18,20-23,25-27,29-30,36,38-39,41-45H,9,12-15H2,1-7H3/b11-10+/t18-,20-,21-,22+,23?,25-,26+,27-,29+,30+,32+,33-,34+,35+/m1/s1. The molecule has 12 nitrogen and oxygen atoms in total. The molecule has 0 aromatic heterocycles. The van der Waals surface area contributed by atoms with Crippen molar-refractivity contribution in [2.45, 2.75) is 128 Å². The summed E-state index contributed by atoms with van der Waals surface area (Å²) < 4.78 is 11.3. The third-order valence-electron chi connectivity index (χ3n) is 12.7. The van der Waals surface area contributed by atoms with Crippen LogP contribution in [0, 0.1) is 34.0 Å². The Morgan fingerprint density at radius 3 is 2.28 bits per heavy atom. The first kappa shape index (κ1) is 36.3. The first-order valence-corrected chi connectivity index (χ1v) is 16.5.